The van der Waals surface area contributed by atoms with Crippen LogP contribution in [0.5, 0.6) is 0 Å². The van der Waals surface area contributed by atoms with E-state index >= 15 is 0 Å². The summed E-state index contributed by atoms with van der Waals surface area (Å²) in [5.74, 6) is 0.234. The number of hydrogen-bond donors (Lipinski definition) is 1. The molecular formula is C29H26FN3O. The zero-order valence-corrected chi connectivity index (χ0v) is 18.9. The van der Waals surface area contributed by atoms with E-state index in [2.05, 4.69) is 17.4 Å². The van der Waals surface area contributed by atoms with Gasteiger partial charge in [-0.3, -0.25) is 4.79 Å². The number of carbonyl (C=O) groups is 1. The molecule has 0 atom stereocenters. The van der Waals surface area contributed by atoms with Gasteiger partial charge in [-0.15, -0.1) is 0 Å². The van der Waals surface area contributed by atoms with Crippen molar-refractivity contribution in [2.75, 3.05) is 5.32 Å². The third kappa shape index (κ3) is 5.04. The minimum absolute atomic E-state index is 0.0719. The van der Waals surface area contributed by atoms with Crippen LogP contribution in [0, 0.1) is 5.82 Å². The molecule has 0 fully saturated rings. The largest absolute Gasteiger partial charge is 0.309 e. The standard InChI is InChI=1S/C29H26FN3O/c30-23-14-15-24-22(19-23)13-17-25-28(24)31-26(16-11-20-7-3-1-4-8-20)29(32-25)33-27(34)18-12-21-9-5-2-6-10-21/h1-10,14-15,19H,11-13,16-18H2,(H,32,33,34). The van der Waals surface area contributed by atoms with Crippen molar-refractivity contribution in [3.05, 3.63) is 113 Å². The quantitative estimate of drug-likeness (QED) is 0.390. The summed E-state index contributed by atoms with van der Waals surface area (Å²) in [5.41, 5.74) is 6.61. The van der Waals surface area contributed by atoms with Crippen LogP contribution >= 0.6 is 0 Å². The van der Waals surface area contributed by atoms with E-state index < -0.39 is 0 Å². The molecule has 1 aromatic heterocycles. The first-order valence-corrected chi connectivity index (χ1v) is 11.7. The van der Waals surface area contributed by atoms with E-state index in [-0.39, 0.29) is 11.7 Å². The van der Waals surface area contributed by atoms with Crippen molar-refractivity contribution in [1.29, 1.82) is 0 Å². The van der Waals surface area contributed by atoms with E-state index in [0.717, 1.165) is 40.2 Å². The number of anilines is 1. The van der Waals surface area contributed by atoms with Crippen molar-refractivity contribution in [3.8, 4) is 11.3 Å². The van der Waals surface area contributed by atoms with Gasteiger partial charge in [0.1, 0.15) is 5.82 Å². The predicted molar refractivity (Wildman–Crippen MR) is 132 cm³/mol. The molecule has 1 amide bonds. The highest BCUT2D eigenvalue weighted by atomic mass is 19.1. The Morgan fingerprint density at radius 3 is 2.26 bits per heavy atom. The summed E-state index contributed by atoms with van der Waals surface area (Å²) in [5, 5.41) is 3.03. The van der Waals surface area contributed by atoms with Crippen LogP contribution in [0.1, 0.15) is 34.5 Å². The molecule has 0 radical (unpaired) electrons. The molecule has 5 heteroatoms. The Labute approximate surface area is 198 Å². The van der Waals surface area contributed by atoms with Gasteiger partial charge in [0.25, 0.3) is 0 Å². The summed E-state index contributed by atoms with van der Waals surface area (Å²) in [6.45, 7) is 0. The van der Waals surface area contributed by atoms with Gasteiger partial charge in [-0.25, -0.2) is 14.4 Å². The van der Waals surface area contributed by atoms with Gasteiger partial charge < -0.3 is 5.32 Å². The second kappa shape index (κ2) is 9.96. The number of hydrogen-bond acceptors (Lipinski definition) is 3. The minimum atomic E-state index is -0.234. The van der Waals surface area contributed by atoms with Crippen molar-refractivity contribution in [2.24, 2.45) is 0 Å². The number of benzene rings is 3. The number of fused-ring (bicyclic) bond motifs is 3. The van der Waals surface area contributed by atoms with Gasteiger partial charge in [0.15, 0.2) is 5.82 Å². The molecule has 3 aromatic carbocycles. The molecular weight excluding hydrogens is 425 g/mol. The Morgan fingerprint density at radius 1 is 0.824 bits per heavy atom. The first-order chi connectivity index (χ1) is 16.7. The highest BCUT2D eigenvalue weighted by Crippen LogP contribution is 2.33. The summed E-state index contributed by atoms with van der Waals surface area (Å²) in [4.78, 5) is 22.6. The lowest BCUT2D eigenvalue weighted by molar-refractivity contribution is -0.116. The number of nitrogens with zero attached hydrogens (tertiary/aromatic N) is 2. The minimum Gasteiger partial charge on any atom is -0.309 e. The van der Waals surface area contributed by atoms with Crippen LogP contribution in [-0.4, -0.2) is 15.9 Å². The van der Waals surface area contributed by atoms with E-state index in [1.165, 1.54) is 11.6 Å². The lowest BCUT2D eigenvalue weighted by Gasteiger charge is -2.21. The summed E-state index contributed by atoms with van der Waals surface area (Å²) < 4.78 is 13.8. The van der Waals surface area contributed by atoms with Crippen LogP contribution < -0.4 is 5.32 Å². The SMILES string of the molecule is O=C(CCc1ccccc1)Nc1nc2c(nc1CCc1ccccc1)-c1ccc(F)cc1CC2. The Morgan fingerprint density at radius 2 is 1.53 bits per heavy atom. The first kappa shape index (κ1) is 22.0. The Kier molecular flexibility index (Phi) is 6.43. The molecule has 0 bridgehead atoms. The number of aromatic nitrogens is 2. The number of carbonyl (C=O) groups excluding carboxylic acids is 1. The number of amides is 1. The highest BCUT2D eigenvalue weighted by molar-refractivity contribution is 5.90. The first-order valence-electron chi connectivity index (χ1n) is 11.7. The molecule has 0 spiro atoms. The van der Waals surface area contributed by atoms with Crippen LogP contribution in [0.25, 0.3) is 11.3 Å². The maximum atomic E-state index is 13.8. The van der Waals surface area contributed by atoms with E-state index in [1.807, 2.05) is 48.5 Å². The molecule has 0 unspecified atom stereocenters. The molecule has 0 saturated heterocycles. The lowest BCUT2D eigenvalue weighted by atomic mass is 9.91. The maximum Gasteiger partial charge on any atom is 0.225 e. The van der Waals surface area contributed by atoms with Gasteiger partial charge in [0.2, 0.25) is 5.91 Å². The molecule has 4 aromatic rings. The maximum absolute atomic E-state index is 13.8. The molecule has 5 rings (SSSR count). The average Bonchev–Trinajstić information content (AvgIpc) is 2.87. The van der Waals surface area contributed by atoms with E-state index in [1.54, 1.807) is 12.1 Å². The smallest absolute Gasteiger partial charge is 0.225 e. The second-order valence-corrected chi connectivity index (χ2v) is 8.64. The van der Waals surface area contributed by atoms with E-state index in [4.69, 9.17) is 9.97 Å². The molecule has 4 nitrogen and oxygen atoms in total. The van der Waals surface area contributed by atoms with Crippen molar-refractivity contribution in [2.45, 2.75) is 38.5 Å². The molecule has 1 heterocycles. The van der Waals surface area contributed by atoms with Crippen molar-refractivity contribution >= 4 is 11.7 Å². The molecule has 1 N–H and O–H groups in total. The zero-order valence-electron chi connectivity index (χ0n) is 18.9. The van der Waals surface area contributed by atoms with Gasteiger partial charge in [-0.2, -0.15) is 0 Å². The molecule has 34 heavy (non-hydrogen) atoms. The van der Waals surface area contributed by atoms with Crippen LogP contribution in [0.15, 0.2) is 78.9 Å². The monoisotopic (exact) mass is 451 g/mol. The molecule has 170 valence electrons. The zero-order chi connectivity index (χ0) is 23.3. The van der Waals surface area contributed by atoms with Crippen LogP contribution in [0.2, 0.25) is 0 Å². The molecule has 0 aliphatic heterocycles. The molecule has 1 aliphatic carbocycles. The fourth-order valence-electron chi connectivity index (χ4n) is 4.43. The Bertz CT molecular complexity index is 1310. The normalized spacial score (nSPS) is 12.0. The third-order valence-corrected chi connectivity index (χ3v) is 6.23. The number of aryl methyl sites for hydroxylation is 5. The number of rotatable bonds is 7. The van der Waals surface area contributed by atoms with Crippen molar-refractivity contribution in [3.63, 3.8) is 0 Å². The summed E-state index contributed by atoms with van der Waals surface area (Å²) >= 11 is 0. The van der Waals surface area contributed by atoms with Crippen LogP contribution in [0.4, 0.5) is 10.2 Å². The summed E-state index contributed by atoms with van der Waals surface area (Å²) in [6.07, 6.45) is 3.86. The van der Waals surface area contributed by atoms with E-state index in [0.29, 0.717) is 37.9 Å². The lowest BCUT2D eigenvalue weighted by Crippen LogP contribution is -2.19. The average molecular weight is 452 g/mol. The van der Waals surface area contributed by atoms with Crippen LogP contribution in [-0.2, 0) is 36.9 Å². The van der Waals surface area contributed by atoms with Gasteiger partial charge in [-0.1, -0.05) is 60.7 Å². The fraction of sp³-hybridized carbons (Fsp3) is 0.207. The van der Waals surface area contributed by atoms with E-state index in [9.17, 15) is 9.18 Å². The molecule has 0 saturated carbocycles. The second-order valence-electron chi connectivity index (χ2n) is 8.64. The van der Waals surface area contributed by atoms with Gasteiger partial charge in [0, 0.05) is 12.0 Å². The van der Waals surface area contributed by atoms with Crippen LogP contribution in [0.3, 0.4) is 0 Å². The fourth-order valence-corrected chi connectivity index (χ4v) is 4.43. The topological polar surface area (TPSA) is 54.9 Å². The van der Waals surface area contributed by atoms with Gasteiger partial charge >= 0.3 is 0 Å². The molecule has 1 aliphatic rings. The predicted octanol–water partition coefficient (Wildman–Crippen LogP) is 5.74. The van der Waals surface area contributed by atoms with Crippen molar-refractivity contribution in [1.82, 2.24) is 9.97 Å². The summed E-state index contributed by atoms with van der Waals surface area (Å²) in [7, 11) is 0. The third-order valence-electron chi connectivity index (χ3n) is 6.23. The van der Waals surface area contributed by atoms with Crippen molar-refractivity contribution < 1.29 is 9.18 Å². The van der Waals surface area contributed by atoms with Gasteiger partial charge in [-0.05, 0) is 67.0 Å². The Hall–Kier alpha value is -3.86. The number of halogens is 1. The van der Waals surface area contributed by atoms with Gasteiger partial charge in [0.05, 0.1) is 17.1 Å². The highest BCUT2D eigenvalue weighted by Gasteiger charge is 2.22. The summed E-state index contributed by atoms with van der Waals surface area (Å²) in [6, 6.07) is 25.0. The number of nitrogens with one attached hydrogen (secondary N) is 1. The Balaban J connectivity index is 1.42.